The maximum atomic E-state index is 16.2. The van der Waals surface area contributed by atoms with Crippen molar-refractivity contribution in [2.24, 2.45) is 17.8 Å². The van der Waals surface area contributed by atoms with Gasteiger partial charge in [0.1, 0.15) is 29.6 Å². The number of aromatic amines is 1. The van der Waals surface area contributed by atoms with Crippen molar-refractivity contribution in [3.8, 4) is 11.5 Å². The molecule has 2 aliphatic rings. The minimum atomic E-state index is -1.34. The normalized spacial score (nSPS) is 18.6. The lowest BCUT2D eigenvalue weighted by Gasteiger charge is -2.37. The van der Waals surface area contributed by atoms with E-state index >= 15 is 4.39 Å². The molecule has 1 aliphatic heterocycles. The van der Waals surface area contributed by atoms with Gasteiger partial charge in [-0.1, -0.05) is 92.7 Å². The smallest absolute Gasteiger partial charge is 0.280 e. The summed E-state index contributed by atoms with van der Waals surface area (Å²) >= 11 is 0. The number of alkyl halides is 1. The van der Waals surface area contributed by atoms with Crippen molar-refractivity contribution in [3.05, 3.63) is 155 Å². The number of fused-ring (bicyclic) bond motifs is 1. The molecule has 3 heterocycles. The number of nitrogens with one attached hydrogen (secondary N) is 2. The van der Waals surface area contributed by atoms with Gasteiger partial charge in [0.2, 0.25) is 11.9 Å². The van der Waals surface area contributed by atoms with Gasteiger partial charge >= 0.3 is 0 Å². The summed E-state index contributed by atoms with van der Waals surface area (Å²) in [5.74, 6) is -0.233. The number of hydrogen-bond donors (Lipinski definition) is 2. The van der Waals surface area contributed by atoms with Crippen LogP contribution in [0.5, 0.6) is 11.5 Å². The number of amides is 1. The number of hydrogen-bond acceptors (Lipinski definition) is 8. The van der Waals surface area contributed by atoms with Gasteiger partial charge in [-0.15, -0.1) is 0 Å². The number of carbonyl (C=O) groups is 1. The van der Waals surface area contributed by atoms with Gasteiger partial charge in [-0.05, 0) is 46.5 Å². The predicted molar refractivity (Wildman–Crippen MR) is 206 cm³/mol. The lowest BCUT2D eigenvalue weighted by molar-refractivity contribution is -0.118. The van der Waals surface area contributed by atoms with Crippen LogP contribution in [0.3, 0.4) is 0 Å². The standard InChI is InChI=1S/C42H42FN6O5/c1-26(2)39(50)46-41-45-38-37(40(51)47-41)44-25-49(38)48-21-9-10-28(23-48)36-27(3)29(22-35(36)43)24-54-42(30-11-7-6-8-12-30,31-13-17-33(52-4)18-14-31)32-15-19-34(53-5)20-16-32/h6-20,22-23,25-26,29,35-36H,3,21,24H2,1-2,4-5H3,(H2,45,46,47,50,51)/t29-,35?,36+/m0/s1. The second-order valence-electron chi connectivity index (χ2n) is 13.6. The zero-order valence-corrected chi connectivity index (χ0v) is 30.5. The third-order valence-corrected chi connectivity index (χ3v) is 9.96. The molecule has 11 nitrogen and oxygen atoms in total. The van der Waals surface area contributed by atoms with Crippen molar-refractivity contribution in [2.45, 2.75) is 25.6 Å². The number of allylic oxidation sites excluding steroid dienone is 2. The summed E-state index contributed by atoms with van der Waals surface area (Å²) in [5.41, 5.74) is 2.81. The Morgan fingerprint density at radius 3 is 2.24 bits per heavy atom. The number of methoxy groups -OCH3 is 2. The highest BCUT2D eigenvalue weighted by Gasteiger charge is 2.44. The molecule has 2 aromatic heterocycles. The molecular weight excluding hydrogens is 687 g/mol. The summed E-state index contributed by atoms with van der Waals surface area (Å²) < 4.78 is 35.9. The summed E-state index contributed by atoms with van der Waals surface area (Å²) in [4.78, 5) is 36.5. The first-order valence-electron chi connectivity index (χ1n) is 17.7. The third kappa shape index (κ3) is 6.80. The molecule has 1 fully saturated rings. The van der Waals surface area contributed by atoms with Crippen molar-refractivity contribution in [1.82, 2.24) is 19.6 Å². The zero-order chi connectivity index (χ0) is 38.0. The van der Waals surface area contributed by atoms with Crippen LogP contribution in [0.15, 0.2) is 126 Å². The Morgan fingerprint density at radius 2 is 1.63 bits per heavy atom. The Kier molecular flexibility index (Phi) is 10.2. The molecule has 1 unspecified atom stereocenters. The average molecular weight is 730 g/mol. The van der Waals surface area contributed by atoms with Crippen LogP contribution in [0, 0.1) is 24.2 Å². The average Bonchev–Trinajstić information content (AvgIpc) is 3.75. The van der Waals surface area contributed by atoms with E-state index in [1.807, 2.05) is 97.2 Å². The van der Waals surface area contributed by atoms with Crippen molar-refractivity contribution in [2.75, 3.05) is 37.7 Å². The maximum absolute atomic E-state index is 16.2. The van der Waals surface area contributed by atoms with Crippen molar-refractivity contribution < 1.29 is 23.4 Å². The van der Waals surface area contributed by atoms with E-state index in [2.05, 4.69) is 26.8 Å². The maximum Gasteiger partial charge on any atom is 0.280 e. The highest BCUT2D eigenvalue weighted by atomic mass is 19.1. The Labute approximate surface area is 312 Å². The van der Waals surface area contributed by atoms with Gasteiger partial charge in [0.15, 0.2) is 11.2 Å². The highest BCUT2D eigenvalue weighted by Crippen LogP contribution is 2.46. The number of rotatable bonds is 12. The molecule has 1 radical (unpaired) electrons. The summed E-state index contributed by atoms with van der Waals surface area (Å²) in [5, 5.41) is 4.44. The fourth-order valence-corrected chi connectivity index (χ4v) is 7.05. The van der Waals surface area contributed by atoms with Gasteiger partial charge in [-0.3, -0.25) is 24.9 Å². The number of benzene rings is 3. The molecule has 3 atom stereocenters. The van der Waals surface area contributed by atoms with Crippen molar-refractivity contribution in [1.29, 1.82) is 0 Å². The molecule has 3 aromatic carbocycles. The number of anilines is 1. The molecule has 54 heavy (non-hydrogen) atoms. The molecule has 277 valence electrons. The van der Waals surface area contributed by atoms with Gasteiger partial charge in [0, 0.05) is 30.4 Å². The zero-order valence-electron chi connectivity index (χ0n) is 30.5. The third-order valence-electron chi connectivity index (χ3n) is 9.96. The molecule has 5 aromatic rings. The molecule has 0 bridgehead atoms. The van der Waals surface area contributed by atoms with Crippen molar-refractivity contribution >= 4 is 23.0 Å². The molecule has 2 N–H and O–H groups in total. The highest BCUT2D eigenvalue weighted by molar-refractivity contribution is 5.91. The van der Waals surface area contributed by atoms with E-state index in [1.54, 1.807) is 44.2 Å². The fourth-order valence-electron chi connectivity index (χ4n) is 7.05. The van der Waals surface area contributed by atoms with Crippen LogP contribution >= 0.6 is 0 Å². The van der Waals surface area contributed by atoms with E-state index in [-0.39, 0.29) is 35.5 Å². The summed E-state index contributed by atoms with van der Waals surface area (Å²) in [6.45, 7) is 8.46. The van der Waals surface area contributed by atoms with Crippen LogP contribution in [0.4, 0.5) is 10.3 Å². The van der Waals surface area contributed by atoms with E-state index in [0.717, 1.165) is 16.7 Å². The fraction of sp³-hybridized carbons (Fsp3) is 0.262. The molecular formula is C42H42FN6O5. The minimum Gasteiger partial charge on any atom is -0.497 e. The first-order chi connectivity index (χ1) is 26.1. The van der Waals surface area contributed by atoms with Crippen LogP contribution in [-0.2, 0) is 15.1 Å². The summed E-state index contributed by atoms with van der Waals surface area (Å²) in [6, 6.07) is 25.5. The number of H-pyrrole nitrogens is 1. The summed E-state index contributed by atoms with van der Waals surface area (Å²) in [7, 11) is 3.25. The first kappa shape index (κ1) is 36.4. The topological polar surface area (TPSA) is 124 Å². The Balaban J connectivity index is 1.19. The van der Waals surface area contributed by atoms with Crippen LogP contribution in [0.1, 0.15) is 30.5 Å². The monoisotopic (exact) mass is 729 g/mol. The molecule has 1 aliphatic carbocycles. The lowest BCUT2D eigenvalue weighted by atomic mass is 9.79. The number of imidazole rings is 1. The second-order valence-corrected chi connectivity index (χ2v) is 13.6. The van der Waals surface area contributed by atoms with Crippen LogP contribution in [0.25, 0.3) is 11.2 Å². The summed E-state index contributed by atoms with van der Waals surface area (Å²) in [6.07, 6.45) is 7.43. The lowest BCUT2D eigenvalue weighted by Crippen LogP contribution is -2.35. The minimum absolute atomic E-state index is 0.0194. The van der Waals surface area contributed by atoms with Crippen LogP contribution in [-0.4, -0.2) is 59.1 Å². The predicted octanol–water partition coefficient (Wildman–Crippen LogP) is 6.48. The van der Waals surface area contributed by atoms with Crippen molar-refractivity contribution in [3.63, 3.8) is 0 Å². The van der Waals surface area contributed by atoms with E-state index in [9.17, 15) is 9.59 Å². The Morgan fingerprint density at radius 1 is 1.00 bits per heavy atom. The SMILES string of the molecule is C=C1[C@H](C2=CN(n3cnc4c(=O)[nH]c(NC(=O)C(C)C)nc43)CC=C2)C(F)[CH][C@H]1COC(c1ccccc1)(c1ccc(OC)cc1)c1ccc(OC)cc1. The van der Waals surface area contributed by atoms with E-state index in [0.29, 0.717) is 29.2 Å². The Bertz CT molecular complexity index is 2220. The van der Waals surface area contributed by atoms with E-state index in [4.69, 9.17) is 14.2 Å². The van der Waals surface area contributed by atoms with Gasteiger partial charge < -0.3 is 14.2 Å². The van der Waals surface area contributed by atoms with Gasteiger partial charge in [0.05, 0.1) is 27.4 Å². The quantitative estimate of drug-likeness (QED) is 0.111. The molecule has 7 rings (SSSR count). The van der Waals surface area contributed by atoms with Gasteiger partial charge in [0.25, 0.3) is 5.56 Å². The van der Waals surface area contributed by atoms with Crippen LogP contribution in [0.2, 0.25) is 0 Å². The van der Waals surface area contributed by atoms with E-state index < -0.39 is 29.2 Å². The molecule has 1 saturated carbocycles. The molecule has 0 saturated heterocycles. The first-order valence-corrected chi connectivity index (χ1v) is 17.7. The molecule has 12 heteroatoms. The number of aromatic nitrogens is 4. The molecule has 0 spiro atoms. The number of halogens is 1. The van der Waals surface area contributed by atoms with Gasteiger partial charge in [-0.2, -0.15) is 4.98 Å². The van der Waals surface area contributed by atoms with Gasteiger partial charge in [-0.25, -0.2) is 14.1 Å². The number of nitrogens with zero attached hydrogens (tertiary/aromatic N) is 4. The largest absolute Gasteiger partial charge is 0.497 e. The van der Waals surface area contributed by atoms with Crippen LogP contribution < -0.4 is 25.4 Å². The second kappa shape index (κ2) is 15.2. The number of carbonyl (C=O) groups excluding carboxylic acids is 1. The van der Waals surface area contributed by atoms with E-state index in [1.165, 1.54) is 6.33 Å². The number of ether oxygens (including phenoxy) is 3. The molecule has 1 amide bonds. The Hall–Kier alpha value is -6.01.